The van der Waals surface area contributed by atoms with Crippen molar-refractivity contribution in [3.8, 4) is 0 Å². The minimum atomic E-state index is 0.128. The van der Waals surface area contributed by atoms with Gasteiger partial charge in [0.1, 0.15) is 0 Å². The third-order valence-corrected chi connectivity index (χ3v) is 2.56. The Morgan fingerprint density at radius 1 is 1.43 bits per heavy atom. The van der Waals surface area contributed by atoms with Gasteiger partial charge in [-0.2, -0.15) is 5.10 Å². The normalized spacial score (nSPS) is 14.4. The van der Waals surface area contributed by atoms with Gasteiger partial charge >= 0.3 is 0 Å². The van der Waals surface area contributed by atoms with Crippen LogP contribution >= 0.6 is 0 Å². The summed E-state index contributed by atoms with van der Waals surface area (Å²) in [6, 6.07) is 2.53. The van der Waals surface area contributed by atoms with Gasteiger partial charge in [0.05, 0.1) is 11.4 Å². The highest BCUT2D eigenvalue weighted by atomic mass is 15.3. The predicted molar refractivity (Wildman–Crippen MR) is 59.4 cm³/mol. The Morgan fingerprint density at radius 2 is 2.00 bits per heavy atom. The molecule has 0 fully saturated rings. The molecule has 0 amide bonds. The van der Waals surface area contributed by atoms with Crippen LogP contribution in [0.25, 0.3) is 0 Å². The Balaban J connectivity index is 3.05. The van der Waals surface area contributed by atoms with Crippen molar-refractivity contribution in [1.29, 1.82) is 0 Å². The quantitative estimate of drug-likeness (QED) is 0.782. The van der Waals surface area contributed by atoms with Gasteiger partial charge < -0.3 is 5.32 Å². The zero-order valence-corrected chi connectivity index (χ0v) is 10.0. The lowest BCUT2D eigenvalue weighted by molar-refractivity contribution is 0.542. The molecule has 0 bridgehead atoms. The van der Waals surface area contributed by atoms with Gasteiger partial charge in [-0.25, -0.2) is 0 Å². The molecule has 0 radical (unpaired) electrons. The fraction of sp³-hybridized carbons (Fsp3) is 0.727. The largest absolute Gasteiger partial charge is 0.312 e. The molecule has 1 aromatic heterocycles. The summed E-state index contributed by atoms with van der Waals surface area (Å²) in [4.78, 5) is 0. The van der Waals surface area contributed by atoms with Crippen molar-refractivity contribution in [3.63, 3.8) is 0 Å². The Morgan fingerprint density at radius 3 is 2.36 bits per heavy atom. The van der Waals surface area contributed by atoms with E-state index in [1.807, 2.05) is 18.8 Å². The van der Waals surface area contributed by atoms with E-state index in [0.29, 0.717) is 6.04 Å². The minimum absolute atomic E-state index is 0.128. The molecule has 3 heteroatoms. The Labute approximate surface area is 86.5 Å². The average Bonchev–Trinajstić information content (AvgIpc) is 2.45. The van der Waals surface area contributed by atoms with Crippen LogP contribution in [0.5, 0.6) is 0 Å². The van der Waals surface area contributed by atoms with Crippen LogP contribution in [0.1, 0.15) is 45.1 Å². The minimum Gasteiger partial charge on any atom is -0.312 e. The number of aromatic nitrogens is 2. The summed E-state index contributed by atoms with van der Waals surface area (Å²) < 4.78 is 1.96. The van der Waals surface area contributed by atoms with Gasteiger partial charge in [0.15, 0.2) is 0 Å². The maximum absolute atomic E-state index is 4.53. The molecular formula is C11H21N3. The number of aryl methyl sites for hydroxylation is 1. The molecule has 0 spiro atoms. The topological polar surface area (TPSA) is 29.9 Å². The molecule has 0 aliphatic rings. The summed E-state index contributed by atoms with van der Waals surface area (Å²) in [5, 5.41) is 7.75. The van der Waals surface area contributed by atoms with E-state index in [2.05, 4.69) is 44.2 Å². The van der Waals surface area contributed by atoms with Crippen LogP contribution in [0, 0.1) is 0 Å². The van der Waals surface area contributed by atoms with Gasteiger partial charge in [-0.1, -0.05) is 20.8 Å². The number of hydrogen-bond donors (Lipinski definition) is 1. The first-order valence-corrected chi connectivity index (χ1v) is 5.08. The standard InChI is InChI=1S/C11H21N3/c1-8(12-5)9-7-10(11(2,3)4)13-14(9)6/h7-8,12H,1-6H3. The predicted octanol–water partition coefficient (Wildman–Crippen LogP) is 2.00. The van der Waals surface area contributed by atoms with E-state index in [1.54, 1.807) is 0 Å². The van der Waals surface area contributed by atoms with E-state index in [0.717, 1.165) is 5.69 Å². The van der Waals surface area contributed by atoms with Crippen LogP contribution in [0.2, 0.25) is 0 Å². The Hall–Kier alpha value is -0.830. The van der Waals surface area contributed by atoms with Gasteiger partial charge in [0, 0.05) is 18.5 Å². The van der Waals surface area contributed by atoms with Gasteiger partial charge in [0.2, 0.25) is 0 Å². The second-order valence-corrected chi connectivity index (χ2v) is 4.84. The van der Waals surface area contributed by atoms with E-state index >= 15 is 0 Å². The first-order valence-electron chi connectivity index (χ1n) is 5.08. The van der Waals surface area contributed by atoms with Crippen molar-refractivity contribution < 1.29 is 0 Å². The van der Waals surface area contributed by atoms with E-state index in [1.165, 1.54) is 5.69 Å². The molecule has 1 heterocycles. The molecular weight excluding hydrogens is 174 g/mol. The molecule has 0 aliphatic heterocycles. The van der Waals surface area contributed by atoms with Crippen LogP contribution in [0.3, 0.4) is 0 Å². The van der Waals surface area contributed by atoms with Crippen molar-refractivity contribution >= 4 is 0 Å². The van der Waals surface area contributed by atoms with E-state index in [4.69, 9.17) is 0 Å². The summed E-state index contributed by atoms with van der Waals surface area (Å²) in [5.41, 5.74) is 2.51. The van der Waals surface area contributed by atoms with Gasteiger partial charge in [-0.3, -0.25) is 4.68 Å². The zero-order chi connectivity index (χ0) is 10.9. The van der Waals surface area contributed by atoms with Crippen LogP contribution in [0.4, 0.5) is 0 Å². The maximum atomic E-state index is 4.53. The Kier molecular flexibility index (Phi) is 3.00. The van der Waals surface area contributed by atoms with Gasteiger partial charge in [-0.05, 0) is 20.0 Å². The van der Waals surface area contributed by atoms with Crippen molar-refractivity contribution in [3.05, 3.63) is 17.5 Å². The summed E-state index contributed by atoms with van der Waals surface area (Å²) in [6.07, 6.45) is 0. The maximum Gasteiger partial charge on any atom is 0.0681 e. The monoisotopic (exact) mass is 195 g/mol. The lowest BCUT2D eigenvalue weighted by Gasteiger charge is -2.13. The number of hydrogen-bond acceptors (Lipinski definition) is 2. The van der Waals surface area contributed by atoms with E-state index in [-0.39, 0.29) is 5.41 Å². The molecule has 1 N–H and O–H groups in total. The number of nitrogens with one attached hydrogen (secondary N) is 1. The summed E-state index contributed by atoms with van der Waals surface area (Å²) >= 11 is 0. The third kappa shape index (κ3) is 2.15. The molecule has 1 aromatic rings. The van der Waals surface area contributed by atoms with Crippen LogP contribution in [-0.4, -0.2) is 16.8 Å². The fourth-order valence-corrected chi connectivity index (χ4v) is 1.40. The molecule has 0 saturated carbocycles. The first-order chi connectivity index (χ1) is 6.36. The molecule has 80 valence electrons. The van der Waals surface area contributed by atoms with Crippen LogP contribution < -0.4 is 5.32 Å². The Bertz CT molecular complexity index is 307. The highest BCUT2D eigenvalue weighted by Gasteiger charge is 2.20. The van der Waals surface area contributed by atoms with Gasteiger partial charge in [0.25, 0.3) is 0 Å². The average molecular weight is 195 g/mol. The highest BCUT2D eigenvalue weighted by molar-refractivity contribution is 5.19. The second kappa shape index (κ2) is 3.73. The van der Waals surface area contributed by atoms with E-state index in [9.17, 15) is 0 Å². The summed E-state index contributed by atoms with van der Waals surface area (Å²) in [5.74, 6) is 0. The number of rotatable bonds is 2. The smallest absolute Gasteiger partial charge is 0.0681 e. The van der Waals surface area contributed by atoms with Crippen molar-refractivity contribution in [2.75, 3.05) is 7.05 Å². The molecule has 0 aliphatic carbocycles. The van der Waals surface area contributed by atoms with Crippen LogP contribution in [-0.2, 0) is 12.5 Å². The molecule has 0 saturated heterocycles. The molecule has 1 unspecified atom stereocenters. The first kappa shape index (κ1) is 11.2. The lowest BCUT2D eigenvalue weighted by Crippen LogP contribution is -2.15. The van der Waals surface area contributed by atoms with Crippen molar-refractivity contribution in [1.82, 2.24) is 15.1 Å². The molecule has 1 rings (SSSR count). The number of nitrogens with zero attached hydrogens (tertiary/aromatic N) is 2. The molecule has 0 aromatic carbocycles. The van der Waals surface area contributed by atoms with Crippen molar-refractivity contribution in [2.45, 2.75) is 39.2 Å². The van der Waals surface area contributed by atoms with Crippen LogP contribution in [0.15, 0.2) is 6.07 Å². The SMILES string of the molecule is CNC(C)c1cc(C(C)(C)C)nn1C. The summed E-state index contributed by atoms with van der Waals surface area (Å²) in [7, 11) is 3.97. The van der Waals surface area contributed by atoms with Gasteiger partial charge in [-0.15, -0.1) is 0 Å². The zero-order valence-electron chi connectivity index (χ0n) is 10.0. The van der Waals surface area contributed by atoms with Crippen molar-refractivity contribution in [2.24, 2.45) is 7.05 Å². The van der Waals surface area contributed by atoms with E-state index < -0.39 is 0 Å². The lowest BCUT2D eigenvalue weighted by atomic mass is 9.92. The molecule has 1 atom stereocenters. The molecule has 14 heavy (non-hydrogen) atoms. The molecule has 3 nitrogen and oxygen atoms in total. The second-order valence-electron chi connectivity index (χ2n) is 4.84. The highest BCUT2D eigenvalue weighted by Crippen LogP contribution is 2.23. The third-order valence-electron chi connectivity index (χ3n) is 2.56. The summed E-state index contributed by atoms with van der Waals surface area (Å²) in [6.45, 7) is 8.69. The fourth-order valence-electron chi connectivity index (χ4n) is 1.40.